The van der Waals surface area contributed by atoms with Crippen LogP contribution in [0.15, 0.2) is 22.7 Å². The maximum absolute atomic E-state index is 12.6. The number of hydrogen-bond acceptors (Lipinski definition) is 2. The average Bonchev–Trinajstić information content (AvgIpc) is 2.25. The second kappa shape index (κ2) is 5.94. The minimum Gasteiger partial charge on any atom is -0.469 e. The van der Waals surface area contributed by atoms with Crippen molar-refractivity contribution >= 4 is 21.9 Å². The number of aryl methyl sites for hydroxylation is 1. The zero-order valence-electron chi connectivity index (χ0n) is 8.67. The van der Waals surface area contributed by atoms with Crippen LogP contribution in [0.3, 0.4) is 0 Å². The Morgan fingerprint density at radius 2 is 2.19 bits per heavy atom. The Morgan fingerprint density at radius 1 is 1.50 bits per heavy atom. The van der Waals surface area contributed by atoms with E-state index >= 15 is 0 Å². The molecule has 16 heavy (non-hydrogen) atoms. The number of carbonyl (C=O) groups is 1. The van der Waals surface area contributed by atoms with Crippen molar-refractivity contribution < 1.29 is 18.3 Å². The minimum absolute atomic E-state index is 0.0351. The van der Waals surface area contributed by atoms with Crippen LogP contribution in [0.5, 0.6) is 0 Å². The predicted molar refractivity (Wildman–Crippen MR) is 59.4 cm³/mol. The summed E-state index contributed by atoms with van der Waals surface area (Å²) in [7, 11) is 1.28. The number of halogens is 3. The highest BCUT2D eigenvalue weighted by molar-refractivity contribution is 9.10. The lowest BCUT2D eigenvalue weighted by Gasteiger charge is -2.08. The summed E-state index contributed by atoms with van der Waals surface area (Å²) in [4.78, 5) is 10.9. The van der Waals surface area contributed by atoms with Gasteiger partial charge in [-0.1, -0.05) is 22.0 Å². The largest absolute Gasteiger partial charge is 0.469 e. The molecular formula is C11H11BrF2O2. The van der Waals surface area contributed by atoms with Gasteiger partial charge in [-0.05, 0) is 24.1 Å². The quantitative estimate of drug-likeness (QED) is 0.794. The maximum atomic E-state index is 12.6. The van der Waals surface area contributed by atoms with Gasteiger partial charge in [-0.15, -0.1) is 0 Å². The van der Waals surface area contributed by atoms with Gasteiger partial charge in [-0.25, -0.2) is 8.78 Å². The molecule has 1 rings (SSSR count). The number of carbonyl (C=O) groups excluding carboxylic acids is 1. The number of esters is 1. The lowest BCUT2D eigenvalue weighted by molar-refractivity contribution is -0.140. The molecule has 0 spiro atoms. The average molecular weight is 293 g/mol. The predicted octanol–water partition coefficient (Wildman–Crippen LogP) is 3.49. The molecule has 0 aliphatic carbocycles. The third-order valence-electron chi connectivity index (χ3n) is 2.17. The monoisotopic (exact) mass is 292 g/mol. The molecular weight excluding hydrogens is 282 g/mol. The zero-order valence-corrected chi connectivity index (χ0v) is 10.3. The molecule has 0 bridgehead atoms. The number of ether oxygens (including phenoxy) is 1. The number of rotatable bonds is 4. The Kier molecular flexibility index (Phi) is 4.86. The van der Waals surface area contributed by atoms with Crippen molar-refractivity contribution in [2.75, 3.05) is 7.11 Å². The van der Waals surface area contributed by atoms with Gasteiger partial charge in [0, 0.05) is 16.5 Å². The van der Waals surface area contributed by atoms with Crippen LogP contribution < -0.4 is 0 Å². The van der Waals surface area contributed by atoms with Crippen LogP contribution in [-0.4, -0.2) is 13.1 Å². The van der Waals surface area contributed by atoms with Crippen LogP contribution in [-0.2, 0) is 16.0 Å². The molecule has 0 heterocycles. The molecule has 1 aromatic carbocycles. The van der Waals surface area contributed by atoms with Crippen molar-refractivity contribution in [3.8, 4) is 0 Å². The third-order valence-corrected chi connectivity index (χ3v) is 2.66. The first-order valence-corrected chi connectivity index (χ1v) is 5.47. The molecule has 0 amide bonds. The molecule has 2 nitrogen and oxygen atoms in total. The Labute approximate surface area is 101 Å². The molecule has 0 saturated carbocycles. The van der Waals surface area contributed by atoms with Crippen molar-refractivity contribution in [2.24, 2.45) is 0 Å². The summed E-state index contributed by atoms with van der Waals surface area (Å²) in [5.41, 5.74) is 0.432. The van der Waals surface area contributed by atoms with Gasteiger partial charge in [-0.3, -0.25) is 4.79 Å². The lowest BCUT2D eigenvalue weighted by Crippen LogP contribution is -2.04. The topological polar surface area (TPSA) is 26.3 Å². The Bertz CT molecular complexity index is 380. The minimum atomic E-state index is -2.53. The number of benzene rings is 1. The van der Waals surface area contributed by atoms with E-state index in [4.69, 9.17) is 0 Å². The molecule has 0 unspecified atom stereocenters. The van der Waals surface area contributed by atoms with Crippen LogP contribution in [0.1, 0.15) is 24.0 Å². The smallest absolute Gasteiger partial charge is 0.305 e. The van der Waals surface area contributed by atoms with E-state index in [1.165, 1.54) is 13.2 Å². The van der Waals surface area contributed by atoms with Crippen LogP contribution in [0.25, 0.3) is 0 Å². The lowest BCUT2D eigenvalue weighted by atomic mass is 10.0. The molecule has 88 valence electrons. The first-order valence-electron chi connectivity index (χ1n) is 4.68. The SMILES string of the molecule is COC(=O)CCc1cc(Br)ccc1C(F)F. The Hall–Kier alpha value is -0.970. The summed E-state index contributed by atoms with van der Waals surface area (Å²) in [5, 5.41) is 0. The van der Waals surface area contributed by atoms with Crippen LogP contribution in [0.2, 0.25) is 0 Å². The van der Waals surface area contributed by atoms with Gasteiger partial charge in [-0.2, -0.15) is 0 Å². The molecule has 1 aromatic rings. The fraction of sp³-hybridized carbons (Fsp3) is 0.364. The van der Waals surface area contributed by atoms with Crippen molar-refractivity contribution in [1.29, 1.82) is 0 Å². The fourth-order valence-electron chi connectivity index (χ4n) is 1.34. The molecule has 0 saturated heterocycles. The third kappa shape index (κ3) is 3.56. The summed E-state index contributed by atoms with van der Waals surface area (Å²) in [6, 6.07) is 4.52. The first kappa shape index (κ1) is 13.1. The molecule has 0 aliphatic heterocycles. The van der Waals surface area contributed by atoms with Gasteiger partial charge in [0.05, 0.1) is 7.11 Å². The van der Waals surface area contributed by atoms with E-state index in [9.17, 15) is 13.6 Å². The molecule has 0 fully saturated rings. The Balaban J connectivity index is 2.84. The normalized spacial score (nSPS) is 10.6. The van der Waals surface area contributed by atoms with Crippen molar-refractivity contribution in [3.05, 3.63) is 33.8 Å². The van der Waals surface area contributed by atoms with Crippen LogP contribution >= 0.6 is 15.9 Å². The van der Waals surface area contributed by atoms with E-state index in [-0.39, 0.29) is 18.4 Å². The van der Waals surface area contributed by atoms with Crippen molar-refractivity contribution in [2.45, 2.75) is 19.3 Å². The highest BCUT2D eigenvalue weighted by atomic mass is 79.9. The zero-order chi connectivity index (χ0) is 12.1. The van der Waals surface area contributed by atoms with Gasteiger partial charge in [0.1, 0.15) is 0 Å². The number of hydrogen-bond donors (Lipinski definition) is 0. The second-order valence-corrected chi connectivity index (χ2v) is 4.14. The summed E-state index contributed by atoms with van der Waals surface area (Å²) < 4.78 is 30.5. The highest BCUT2D eigenvalue weighted by Crippen LogP contribution is 2.26. The molecule has 0 aromatic heterocycles. The van der Waals surface area contributed by atoms with E-state index in [1.54, 1.807) is 12.1 Å². The first-order chi connectivity index (χ1) is 7.54. The van der Waals surface area contributed by atoms with Crippen LogP contribution in [0, 0.1) is 0 Å². The van der Waals surface area contributed by atoms with E-state index in [0.29, 0.717) is 5.56 Å². The second-order valence-electron chi connectivity index (χ2n) is 3.22. The summed E-state index contributed by atoms with van der Waals surface area (Å²) in [5.74, 6) is -0.403. The van der Waals surface area contributed by atoms with Gasteiger partial charge >= 0.3 is 5.97 Å². The molecule has 0 atom stereocenters. The molecule has 0 aliphatic rings. The number of alkyl halides is 2. The maximum Gasteiger partial charge on any atom is 0.305 e. The van der Waals surface area contributed by atoms with E-state index < -0.39 is 12.4 Å². The standard InChI is InChI=1S/C11H11BrF2O2/c1-16-10(15)5-2-7-6-8(12)3-4-9(7)11(13)14/h3-4,6,11H,2,5H2,1H3. The molecule has 5 heteroatoms. The van der Waals surface area contributed by atoms with Gasteiger partial charge in [0.25, 0.3) is 6.43 Å². The summed E-state index contributed by atoms with van der Waals surface area (Å²) in [6.45, 7) is 0. The number of methoxy groups -OCH3 is 1. The summed E-state index contributed by atoms with van der Waals surface area (Å²) in [6.07, 6.45) is -2.17. The van der Waals surface area contributed by atoms with Gasteiger partial charge in [0.2, 0.25) is 0 Å². The fourth-order valence-corrected chi connectivity index (χ4v) is 1.75. The van der Waals surface area contributed by atoms with E-state index in [1.807, 2.05) is 0 Å². The highest BCUT2D eigenvalue weighted by Gasteiger charge is 2.14. The van der Waals surface area contributed by atoms with Gasteiger partial charge in [0.15, 0.2) is 0 Å². The Morgan fingerprint density at radius 3 is 2.75 bits per heavy atom. The summed E-state index contributed by atoms with van der Waals surface area (Å²) >= 11 is 3.21. The molecule has 0 radical (unpaired) electrons. The molecule has 0 N–H and O–H groups in total. The van der Waals surface area contributed by atoms with Gasteiger partial charge < -0.3 is 4.74 Å². The van der Waals surface area contributed by atoms with E-state index in [0.717, 1.165) is 4.47 Å². The van der Waals surface area contributed by atoms with Crippen LogP contribution in [0.4, 0.5) is 8.78 Å². The van der Waals surface area contributed by atoms with Crippen molar-refractivity contribution in [1.82, 2.24) is 0 Å². The van der Waals surface area contributed by atoms with E-state index in [2.05, 4.69) is 20.7 Å². The van der Waals surface area contributed by atoms with Crippen molar-refractivity contribution in [3.63, 3.8) is 0 Å².